The third kappa shape index (κ3) is 61.1. The van der Waals surface area contributed by atoms with Gasteiger partial charge in [0.1, 0.15) is 19.8 Å². The van der Waals surface area contributed by atoms with Gasteiger partial charge >= 0.3 is 19.8 Å². The summed E-state index contributed by atoms with van der Waals surface area (Å²) in [4.78, 5) is 35.7. The molecule has 0 saturated carbocycles. The zero-order chi connectivity index (χ0) is 54.9. The number of unbranched alkanes of at least 4 members (excludes halogenated alkanes) is 37. The molecule has 0 aromatic heterocycles. The van der Waals surface area contributed by atoms with Gasteiger partial charge in [0.15, 0.2) is 6.10 Å². The van der Waals surface area contributed by atoms with Crippen molar-refractivity contribution in [3.05, 3.63) is 48.6 Å². The molecular formula is C65H123NO8P+. The first kappa shape index (κ1) is 73.0. The highest BCUT2D eigenvalue weighted by atomic mass is 31.2. The predicted molar refractivity (Wildman–Crippen MR) is 321 cm³/mol. The molecule has 0 saturated heterocycles. The van der Waals surface area contributed by atoms with E-state index in [4.69, 9.17) is 18.5 Å². The van der Waals surface area contributed by atoms with Crippen LogP contribution < -0.4 is 0 Å². The fraction of sp³-hybridized carbons (Fsp3) is 0.846. The van der Waals surface area contributed by atoms with Crippen molar-refractivity contribution >= 4 is 19.8 Å². The van der Waals surface area contributed by atoms with Crippen LogP contribution in [0.25, 0.3) is 0 Å². The van der Waals surface area contributed by atoms with Crippen LogP contribution in [-0.4, -0.2) is 74.9 Å². The summed E-state index contributed by atoms with van der Waals surface area (Å²) in [6, 6.07) is 0. The highest BCUT2D eigenvalue weighted by molar-refractivity contribution is 7.47. The molecule has 0 aromatic carbocycles. The molecule has 440 valence electrons. The van der Waals surface area contributed by atoms with Crippen LogP contribution in [0.15, 0.2) is 48.6 Å². The average molecular weight is 1080 g/mol. The Morgan fingerprint density at radius 3 is 1.13 bits per heavy atom. The number of nitrogens with zero attached hydrogens (tertiary/aromatic N) is 1. The first-order valence-corrected chi connectivity index (χ1v) is 33.4. The number of ether oxygens (including phenoxy) is 2. The van der Waals surface area contributed by atoms with Crippen molar-refractivity contribution in [2.24, 2.45) is 0 Å². The van der Waals surface area contributed by atoms with E-state index in [1.807, 2.05) is 21.1 Å². The number of rotatable bonds is 59. The Kier molecular flexibility index (Phi) is 55.1. The van der Waals surface area contributed by atoms with Gasteiger partial charge in [0.2, 0.25) is 0 Å². The second-order valence-electron chi connectivity index (χ2n) is 22.8. The van der Waals surface area contributed by atoms with Crippen molar-refractivity contribution in [3.8, 4) is 0 Å². The minimum absolute atomic E-state index is 0.0348. The molecule has 2 atom stereocenters. The third-order valence-corrected chi connectivity index (χ3v) is 15.1. The normalized spacial score (nSPS) is 13.5. The molecule has 9 nitrogen and oxygen atoms in total. The second-order valence-corrected chi connectivity index (χ2v) is 24.2. The molecule has 0 aliphatic carbocycles. The van der Waals surface area contributed by atoms with Gasteiger partial charge in [-0.2, -0.15) is 0 Å². The Morgan fingerprint density at radius 1 is 0.427 bits per heavy atom. The van der Waals surface area contributed by atoms with E-state index in [1.165, 1.54) is 212 Å². The van der Waals surface area contributed by atoms with Crippen LogP contribution in [-0.2, 0) is 32.7 Å². The fourth-order valence-corrected chi connectivity index (χ4v) is 9.99. The van der Waals surface area contributed by atoms with Gasteiger partial charge in [-0.15, -0.1) is 0 Å². The molecule has 0 radical (unpaired) electrons. The molecule has 10 heteroatoms. The predicted octanol–water partition coefficient (Wildman–Crippen LogP) is 20.1. The lowest BCUT2D eigenvalue weighted by Gasteiger charge is -2.24. The summed E-state index contributed by atoms with van der Waals surface area (Å²) in [5.74, 6) is -0.780. The summed E-state index contributed by atoms with van der Waals surface area (Å²) in [6.07, 6.45) is 72.1. The van der Waals surface area contributed by atoms with Crippen LogP contribution >= 0.6 is 7.82 Å². The minimum atomic E-state index is -4.38. The number of quaternary nitrogens is 1. The van der Waals surface area contributed by atoms with Crippen LogP contribution in [0.1, 0.15) is 303 Å². The van der Waals surface area contributed by atoms with Gasteiger partial charge in [-0.3, -0.25) is 18.6 Å². The van der Waals surface area contributed by atoms with Crippen molar-refractivity contribution in [2.75, 3.05) is 47.5 Å². The summed E-state index contributed by atoms with van der Waals surface area (Å²) in [5, 5.41) is 0. The lowest BCUT2D eigenvalue weighted by Crippen LogP contribution is -2.37. The van der Waals surface area contributed by atoms with E-state index >= 15 is 0 Å². The highest BCUT2D eigenvalue weighted by Crippen LogP contribution is 2.43. The molecule has 0 rings (SSSR count). The van der Waals surface area contributed by atoms with Crippen LogP contribution in [0.5, 0.6) is 0 Å². The van der Waals surface area contributed by atoms with E-state index in [2.05, 4.69) is 62.5 Å². The lowest BCUT2D eigenvalue weighted by atomic mass is 10.0. The summed E-state index contributed by atoms with van der Waals surface area (Å²) in [7, 11) is 1.49. The molecule has 0 fully saturated rings. The Morgan fingerprint density at radius 2 is 0.760 bits per heavy atom. The average Bonchev–Trinajstić information content (AvgIpc) is 3.37. The monoisotopic (exact) mass is 1080 g/mol. The Balaban J connectivity index is 3.91. The molecular weight excluding hydrogens is 954 g/mol. The van der Waals surface area contributed by atoms with Gasteiger partial charge in [0, 0.05) is 12.8 Å². The fourth-order valence-electron chi connectivity index (χ4n) is 9.25. The summed E-state index contributed by atoms with van der Waals surface area (Å²) >= 11 is 0. The smallest absolute Gasteiger partial charge is 0.462 e. The topological polar surface area (TPSA) is 108 Å². The highest BCUT2D eigenvalue weighted by Gasteiger charge is 2.27. The first-order chi connectivity index (χ1) is 36.5. The van der Waals surface area contributed by atoms with Gasteiger partial charge in [-0.05, 0) is 51.4 Å². The van der Waals surface area contributed by atoms with Crippen molar-refractivity contribution in [1.29, 1.82) is 0 Å². The number of esters is 2. The minimum Gasteiger partial charge on any atom is -0.462 e. The van der Waals surface area contributed by atoms with Crippen molar-refractivity contribution in [3.63, 3.8) is 0 Å². The van der Waals surface area contributed by atoms with E-state index in [-0.39, 0.29) is 25.6 Å². The Hall–Kier alpha value is -2.03. The van der Waals surface area contributed by atoms with Gasteiger partial charge in [-0.25, -0.2) is 4.57 Å². The molecule has 2 unspecified atom stereocenters. The standard InChI is InChI=1S/C65H122NO8P/c1-6-8-10-12-14-16-18-20-22-23-24-25-26-27-28-29-30-31-32-33-34-35-36-37-38-39-40-41-42-43-44-46-48-50-52-54-56-58-65(68)74-63(62-73-75(69,70)72-60-59-66(3,4)5)61-71-64(67)57-55-53-51-49-47-45-21-19-17-15-13-11-9-7-2/h8,10,14,16,20,22,24-25,63H,6-7,9,11-13,15,17-19,21,23,26-62H2,1-5H3/p+1/b10-8-,16-14-,22-20-,25-24-. The van der Waals surface area contributed by atoms with Crippen LogP contribution in [0, 0.1) is 0 Å². The number of hydrogen-bond donors (Lipinski definition) is 1. The molecule has 0 heterocycles. The molecule has 0 amide bonds. The van der Waals surface area contributed by atoms with Crippen LogP contribution in [0.4, 0.5) is 0 Å². The molecule has 0 aliphatic rings. The number of hydrogen-bond acceptors (Lipinski definition) is 7. The van der Waals surface area contributed by atoms with Crippen molar-refractivity contribution in [1.82, 2.24) is 0 Å². The summed E-state index contributed by atoms with van der Waals surface area (Å²) < 4.78 is 34.6. The van der Waals surface area contributed by atoms with Gasteiger partial charge in [0.05, 0.1) is 27.7 Å². The largest absolute Gasteiger partial charge is 0.472 e. The van der Waals surface area contributed by atoms with Crippen molar-refractivity contribution < 1.29 is 42.1 Å². The molecule has 0 bridgehead atoms. The van der Waals surface area contributed by atoms with Crippen molar-refractivity contribution in [2.45, 2.75) is 309 Å². The van der Waals surface area contributed by atoms with E-state index in [9.17, 15) is 19.0 Å². The summed E-state index contributed by atoms with van der Waals surface area (Å²) in [5.41, 5.74) is 0. The maximum absolute atomic E-state index is 12.8. The lowest BCUT2D eigenvalue weighted by molar-refractivity contribution is -0.870. The molecule has 0 aliphatic heterocycles. The second kappa shape index (κ2) is 56.7. The number of allylic oxidation sites excluding steroid dienone is 8. The van der Waals surface area contributed by atoms with E-state index in [0.29, 0.717) is 23.9 Å². The third-order valence-electron chi connectivity index (χ3n) is 14.1. The molecule has 75 heavy (non-hydrogen) atoms. The van der Waals surface area contributed by atoms with Gasteiger partial charge < -0.3 is 18.9 Å². The summed E-state index contributed by atoms with van der Waals surface area (Å²) in [6.45, 7) is 4.36. The van der Waals surface area contributed by atoms with Crippen LogP contribution in [0.2, 0.25) is 0 Å². The zero-order valence-corrected chi connectivity index (χ0v) is 50.9. The number of phosphoric ester groups is 1. The molecule has 0 spiro atoms. The maximum Gasteiger partial charge on any atom is 0.472 e. The molecule has 1 N–H and O–H groups in total. The molecule has 0 aromatic rings. The maximum atomic E-state index is 12.8. The number of phosphoric acid groups is 1. The number of carbonyl (C=O) groups excluding carboxylic acids is 2. The number of likely N-dealkylation sites (N-methyl/N-ethyl adjacent to an activating group) is 1. The zero-order valence-electron chi connectivity index (χ0n) is 50.0. The Bertz CT molecular complexity index is 1410. The van der Waals surface area contributed by atoms with E-state index < -0.39 is 26.5 Å². The van der Waals surface area contributed by atoms with Crippen LogP contribution in [0.3, 0.4) is 0 Å². The quantitative estimate of drug-likeness (QED) is 0.0211. The van der Waals surface area contributed by atoms with E-state index in [1.54, 1.807) is 0 Å². The first-order valence-electron chi connectivity index (χ1n) is 31.9. The SMILES string of the molecule is CC/C=C\C/C=C\C/C=C\C/C=C\CCCCCCCCCCCCCCCCCCCCCCCCCCC(=O)OC(COC(=O)CCCCCCCCCCCCCCCC)COP(=O)(O)OCC[N+](C)(C)C. The Labute approximate surface area is 464 Å². The van der Waals surface area contributed by atoms with Gasteiger partial charge in [-0.1, -0.05) is 287 Å². The van der Waals surface area contributed by atoms with E-state index in [0.717, 1.165) is 57.8 Å². The number of carbonyl (C=O) groups is 2. The van der Waals surface area contributed by atoms with Gasteiger partial charge in [0.25, 0.3) is 0 Å².